The largest absolute Gasteiger partial charge is 0.468 e. The highest BCUT2D eigenvalue weighted by Crippen LogP contribution is 2.18. The van der Waals surface area contributed by atoms with Crippen LogP contribution in [0.25, 0.3) is 0 Å². The summed E-state index contributed by atoms with van der Waals surface area (Å²) in [6.07, 6.45) is -3.19. The molecule has 0 aliphatic carbocycles. The van der Waals surface area contributed by atoms with E-state index in [1.807, 2.05) is 13.8 Å². The molecule has 10 heteroatoms. The van der Waals surface area contributed by atoms with Crippen LogP contribution in [0.15, 0.2) is 18.3 Å². The Hall–Kier alpha value is -2.07. The third-order valence-electron chi connectivity index (χ3n) is 3.93. The second-order valence-electron chi connectivity index (χ2n) is 6.51. The van der Waals surface area contributed by atoms with Gasteiger partial charge in [0, 0.05) is 31.2 Å². The Morgan fingerprint density at radius 2 is 2.00 bits per heavy atom. The van der Waals surface area contributed by atoms with Gasteiger partial charge in [0.2, 0.25) is 5.88 Å². The summed E-state index contributed by atoms with van der Waals surface area (Å²) in [5, 5.41) is 5.37. The Balaban J connectivity index is 1.78. The molecule has 0 aromatic carbocycles. The fraction of sp³-hybridized carbons (Fsp3) is 0.625. The number of amides is 2. The van der Waals surface area contributed by atoms with Crippen molar-refractivity contribution in [2.45, 2.75) is 25.6 Å². The second kappa shape index (κ2) is 8.54. The molecule has 146 valence electrons. The van der Waals surface area contributed by atoms with Crippen LogP contribution >= 0.6 is 0 Å². The van der Waals surface area contributed by atoms with Crippen molar-refractivity contribution in [3.05, 3.63) is 18.3 Å². The molecule has 0 unspecified atom stereocenters. The first kappa shape index (κ1) is 20.2. The molecule has 2 amide bonds. The summed E-state index contributed by atoms with van der Waals surface area (Å²) in [6, 6.07) is 2.27. The molecule has 7 nitrogen and oxygen atoms in total. The molecule has 1 aromatic rings. The van der Waals surface area contributed by atoms with Gasteiger partial charge in [-0.1, -0.05) is 0 Å². The summed E-state index contributed by atoms with van der Waals surface area (Å²) in [5.74, 6) is -0.165. The number of morpholine rings is 1. The maximum atomic E-state index is 12.1. The molecule has 1 aliphatic rings. The average Bonchev–Trinajstić information content (AvgIpc) is 2.60. The van der Waals surface area contributed by atoms with Crippen LogP contribution in [0.3, 0.4) is 0 Å². The number of aromatic nitrogens is 1. The molecule has 0 atom stereocenters. The van der Waals surface area contributed by atoms with Crippen molar-refractivity contribution in [1.29, 1.82) is 0 Å². The quantitative estimate of drug-likeness (QED) is 0.797. The van der Waals surface area contributed by atoms with Crippen LogP contribution in [0, 0.1) is 0 Å². The highest BCUT2D eigenvalue weighted by molar-refractivity contribution is 5.89. The second-order valence-corrected chi connectivity index (χ2v) is 6.51. The van der Waals surface area contributed by atoms with Crippen LogP contribution in [0.4, 0.5) is 23.7 Å². The molecule has 2 rings (SSSR count). The van der Waals surface area contributed by atoms with E-state index in [9.17, 15) is 18.0 Å². The molecular weight excluding hydrogens is 353 g/mol. The summed E-state index contributed by atoms with van der Waals surface area (Å²) in [7, 11) is 0. The number of ether oxygens (including phenoxy) is 2. The highest BCUT2D eigenvalue weighted by atomic mass is 19.4. The number of carbonyl (C=O) groups excluding carboxylic acids is 1. The summed E-state index contributed by atoms with van der Waals surface area (Å²) in [6.45, 7) is 6.04. The van der Waals surface area contributed by atoms with Crippen molar-refractivity contribution in [2.75, 3.05) is 44.8 Å². The smallest absolute Gasteiger partial charge is 0.422 e. The van der Waals surface area contributed by atoms with Crippen LogP contribution in [-0.4, -0.2) is 67.1 Å². The molecule has 1 fully saturated rings. The lowest BCUT2D eigenvalue weighted by molar-refractivity contribution is -0.154. The number of pyridine rings is 1. The van der Waals surface area contributed by atoms with Gasteiger partial charge in [0.1, 0.15) is 0 Å². The van der Waals surface area contributed by atoms with Crippen LogP contribution in [0.5, 0.6) is 5.88 Å². The fourth-order valence-electron chi connectivity index (χ4n) is 2.45. The van der Waals surface area contributed by atoms with Crippen molar-refractivity contribution in [3.63, 3.8) is 0 Å². The van der Waals surface area contributed by atoms with Crippen molar-refractivity contribution >= 4 is 11.7 Å². The van der Waals surface area contributed by atoms with Gasteiger partial charge in [0.25, 0.3) is 0 Å². The maximum Gasteiger partial charge on any atom is 0.422 e. The Bertz CT molecular complexity index is 587. The molecule has 0 saturated carbocycles. The normalized spacial score (nSPS) is 16.2. The van der Waals surface area contributed by atoms with Gasteiger partial charge < -0.3 is 20.1 Å². The number of carbonyl (C=O) groups is 1. The first-order valence-electron chi connectivity index (χ1n) is 8.19. The molecule has 1 aromatic heterocycles. The number of hydrogen-bond donors (Lipinski definition) is 2. The fourth-order valence-corrected chi connectivity index (χ4v) is 2.45. The number of nitrogens with zero attached hydrogens (tertiary/aromatic N) is 2. The Morgan fingerprint density at radius 3 is 2.58 bits per heavy atom. The van der Waals surface area contributed by atoms with Gasteiger partial charge in [-0.2, -0.15) is 13.2 Å². The van der Waals surface area contributed by atoms with Crippen LogP contribution in [0.2, 0.25) is 0 Å². The zero-order valence-electron chi connectivity index (χ0n) is 14.7. The minimum absolute atomic E-state index is 0.165. The molecule has 26 heavy (non-hydrogen) atoms. The summed E-state index contributed by atoms with van der Waals surface area (Å²) >= 11 is 0. The van der Waals surface area contributed by atoms with E-state index in [1.165, 1.54) is 18.3 Å². The lowest BCUT2D eigenvalue weighted by Gasteiger charge is -2.40. The zero-order chi connectivity index (χ0) is 19.2. The monoisotopic (exact) mass is 376 g/mol. The topological polar surface area (TPSA) is 75.7 Å². The molecule has 0 spiro atoms. The van der Waals surface area contributed by atoms with Crippen molar-refractivity contribution in [1.82, 2.24) is 15.2 Å². The van der Waals surface area contributed by atoms with Gasteiger partial charge in [-0.05, 0) is 19.9 Å². The standard InChI is InChI=1S/C16H23F3N4O3/c1-15(2,23-5-7-25-8-6-23)10-21-14(24)22-12-3-4-13(20-9-12)26-11-16(17,18)19/h3-4,9H,5-8,10-11H2,1-2H3,(H2,21,22,24). The summed E-state index contributed by atoms with van der Waals surface area (Å²) < 4.78 is 46.1. The van der Waals surface area contributed by atoms with E-state index in [4.69, 9.17) is 4.74 Å². The number of urea groups is 1. The molecule has 1 aliphatic heterocycles. The van der Waals surface area contributed by atoms with Gasteiger partial charge in [-0.3, -0.25) is 4.90 Å². The zero-order valence-corrected chi connectivity index (χ0v) is 14.7. The van der Waals surface area contributed by atoms with E-state index in [0.29, 0.717) is 25.4 Å². The minimum Gasteiger partial charge on any atom is -0.468 e. The predicted molar refractivity (Wildman–Crippen MR) is 89.3 cm³/mol. The number of anilines is 1. The van der Waals surface area contributed by atoms with Gasteiger partial charge >= 0.3 is 12.2 Å². The third kappa shape index (κ3) is 6.68. The number of nitrogens with one attached hydrogen (secondary N) is 2. The highest BCUT2D eigenvalue weighted by Gasteiger charge is 2.29. The van der Waals surface area contributed by atoms with Gasteiger partial charge in [0.05, 0.1) is 25.1 Å². The Kier molecular flexibility index (Phi) is 6.65. The van der Waals surface area contributed by atoms with Gasteiger partial charge in [0.15, 0.2) is 6.61 Å². The number of alkyl halides is 3. The minimum atomic E-state index is -4.42. The number of hydrogen-bond acceptors (Lipinski definition) is 5. The Morgan fingerprint density at radius 1 is 1.31 bits per heavy atom. The first-order chi connectivity index (χ1) is 12.2. The van der Waals surface area contributed by atoms with E-state index >= 15 is 0 Å². The van der Waals surface area contributed by atoms with Gasteiger partial charge in [-0.15, -0.1) is 0 Å². The van der Waals surface area contributed by atoms with E-state index < -0.39 is 18.8 Å². The molecule has 2 N–H and O–H groups in total. The maximum absolute atomic E-state index is 12.1. The molecule has 2 heterocycles. The van der Waals surface area contributed by atoms with Crippen LogP contribution in [0.1, 0.15) is 13.8 Å². The summed E-state index contributed by atoms with van der Waals surface area (Å²) in [4.78, 5) is 18.0. The van der Waals surface area contributed by atoms with Crippen molar-refractivity contribution in [2.24, 2.45) is 0 Å². The molecule has 1 saturated heterocycles. The predicted octanol–water partition coefficient (Wildman–Crippen LogP) is 2.26. The molecule has 0 bridgehead atoms. The van der Waals surface area contributed by atoms with E-state index in [1.54, 1.807) is 0 Å². The van der Waals surface area contributed by atoms with Crippen molar-refractivity contribution in [3.8, 4) is 5.88 Å². The average molecular weight is 376 g/mol. The van der Waals surface area contributed by atoms with E-state index in [2.05, 4.69) is 25.3 Å². The lowest BCUT2D eigenvalue weighted by atomic mass is 10.0. The Labute approximate surface area is 149 Å². The van der Waals surface area contributed by atoms with E-state index in [-0.39, 0.29) is 11.4 Å². The first-order valence-corrected chi connectivity index (χ1v) is 8.19. The SMILES string of the molecule is CC(C)(CNC(=O)Nc1ccc(OCC(F)(F)F)nc1)N1CCOCC1. The van der Waals surface area contributed by atoms with Gasteiger partial charge in [-0.25, -0.2) is 9.78 Å². The number of halogens is 3. The van der Waals surface area contributed by atoms with E-state index in [0.717, 1.165) is 13.1 Å². The lowest BCUT2D eigenvalue weighted by Crippen LogP contribution is -2.55. The van der Waals surface area contributed by atoms with Crippen LogP contribution < -0.4 is 15.4 Å². The molecule has 0 radical (unpaired) electrons. The molecular formula is C16H23F3N4O3. The number of rotatable bonds is 6. The van der Waals surface area contributed by atoms with Crippen molar-refractivity contribution < 1.29 is 27.4 Å². The van der Waals surface area contributed by atoms with Crippen LogP contribution in [-0.2, 0) is 4.74 Å². The third-order valence-corrected chi connectivity index (χ3v) is 3.93. The summed E-state index contributed by atoms with van der Waals surface area (Å²) in [5.41, 5.74) is 0.125.